The van der Waals surface area contributed by atoms with E-state index >= 15 is 0 Å². The molecule has 0 saturated carbocycles. The summed E-state index contributed by atoms with van der Waals surface area (Å²) >= 11 is 0. The van der Waals surface area contributed by atoms with Crippen LogP contribution < -0.4 is 0 Å². The van der Waals surface area contributed by atoms with Gasteiger partial charge in [0, 0.05) is 19.3 Å². The van der Waals surface area contributed by atoms with Crippen LogP contribution >= 0.6 is 0 Å². The maximum atomic E-state index is 11.0. The smallest absolute Gasteiger partial charge is 0.132 e. The van der Waals surface area contributed by atoms with Crippen molar-refractivity contribution in [1.29, 1.82) is 0 Å². The summed E-state index contributed by atoms with van der Waals surface area (Å²) in [7, 11) is 0. The van der Waals surface area contributed by atoms with Crippen molar-refractivity contribution in [3.8, 4) is 0 Å². The normalized spacial score (nSPS) is 10.3. The number of hydrogen-bond acceptors (Lipinski definition) is 2. The Balaban J connectivity index is 2.24. The summed E-state index contributed by atoms with van der Waals surface area (Å²) in [5.41, 5.74) is 0. The average Bonchev–Trinajstić information content (AvgIpc) is 2.51. The molecule has 1 aromatic rings. The average molecular weight is 180 g/mol. The van der Waals surface area contributed by atoms with Gasteiger partial charge in [-0.2, -0.15) is 0 Å². The molecule has 0 amide bonds. The van der Waals surface area contributed by atoms with Gasteiger partial charge in [-0.25, -0.2) is 0 Å². The van der Waals surface area contributed by atoms with E-state index in [1.54, 1.807) is 0 Å². The number of rotatable bonds is 5. The minimum atomic E-state index is 0.336. The lowest BCUT2D eigenvalue weighted by Gasteiger charge is -1.96. The Kier molecular flexibility index (Phi) is 3.74. The van der Waals surface area contributed by atoms with Crippen LogP contribution in [0.4, 0.5) is 0 Å². The first-order valence-corrected chi connectivity index (χ1v) is 4.79. The number of aryl methyl sites for hydroxylation is 2. The van der Waals surface area contributed by atoms with E-state index in [-0.39, 0.29) is 0 Å². The molecule has 0 aliphatic rings. The second-order valence-electron chi connectivity index (χ2n) is 3.26. The fourth-order valence-corrected chi connectivity index (χ4v) is 1.26. The zero-order valence-electron chi connectivity index (χ0n) is 8.30. The molecule has 72 valence electrons. The third kappa shape index (κ3) is 3.45. The molecule has 1 heterocycles. The fraction of sp³-hybridized carbons (Fsp3) is 0.545. The molecule has 1 rings (SSSR count). The SMILES string of the molecule is CCC(=O)CCCc1ccc(C)o1. The van der Waals surface area contributed by atoms with E-state index in [9.17, 15) is 4.79 Å². The van der Waals surface area contributed by atoms with Crippen LogP contribution in [-0.2, 0) is 11.2 Å². The van der Waals surface area contributed by atoms with E-state index in [0.29, 0.717) is 18.6 Å². The van der Waals surface area contributed by atoms with Gasteiger partial charge >= 0.3 is 0 Å². The molecule has 0 aromatic carbocycles. The predicted octanol–water partition coefficient (Wildman–Crippen LogP) is 2.89. The number of carbonyl (C=O) groups is 1. The van der Waals surface area contributed by atoms with E-state index < -0.39 is 0 Å². The molecular formula is C11H16O2. The van der Waals surface area contributed by atoms with E-state index in [1.165, 1.54) is 0 Å². The van der Waals surface area contributed by atoms with Crippen molar-refractivity contribution in [2.45, 2.75) is 39.5 Å². The lowest BCUT2D eigenvalue weighted by atomic mass is 10.1. The molecule has 0 atom stereocenters. The highest BCUT2D eigenvalue weighted by Crippen LogP contribution is 2.10. The van der Waals surface area contributed by atoms with Crippen LogP contribution in [0.2, 0.25) is 0 Å². The van der Waals surface area contributed by atoms with Gasteiger partial charge in [-0.3, -0.25) is 4.79 Å². The highest BCUT2D eigenvalue weighted by Gasteiger charge is 2.01. The molecule has 1 aromatic heterocycles. The first kappa shape index (κ1) is 10.0. The Labute approximate surface area is 78.9 Å². The van der Waals surface area contributed by atoms with Crippen molar-refractivity contribution in [2.24, 2.45) is 0 Å². The monoisotopic (exact) mass is 180 g/mol. The molecule has 0 N–H and O–H groups in total. The molecule has 0 aliphatic heterocycles. The Morgan fingerprint density at radius 2 is 2.23 bits per heavy atom. The Bertz CT molecular complexity index is 273. The summed E-state index contributed by atoms with van der Waals surface area (Å²) in [4.78, 5) is 11.0. The van der Waals surface area contributed by atoms with E-state index in [4.69, 9.17) is 4.42 Å². The van der Waals surface area contributed by atoms with Gasteiger partial charge in [-0.05, 0) is 25.5 Å². The highest BCUT2D eigenvalue weighted by atomic mass is 16.3. The van der Waals surface area contributed by atoms with Crippen LogP contribution in [0.3, 0.4) is 0 Å². The topological polar surface area (TPSA) is 30.2 Å². The summed E-state index contributed by atoms with van der Waals surface area (Å²) in [5.74, 6) is 2.27. The van der Waals surface area contributed by atoms with Gasteiger partial charge in [0.1, 0.15) is 17.3 Å². The lowest BCUT2D eigenvalue weighted by molar-refractivity contribution is -0.118. The fourth-order valence-electron chi connectivity index (χ4n) is 1.26. The van der Waals surface area contributed by atoms with Crippen molar-refractivity contribution in [2.75, 3.05) is 0 Å². The quantitative estimate of drug-likeness (QED) is 0.697. The van der Waals surface area contributed by atoms with Crippen molar-refractivity contribution in [3.05, 3.63) is 23.7 Å². The number of hydrogen-bond donors (Lipinski definition) is 0. The predicted molar refractivity (Wildman–Crippen MR) is 51.7 cm³/mol. The van der Waals surface area contributed by atoms with Crippen LogP contribution in [0, 0.1) is 6.92 Å². The van der Waals surface area contributed by atoms with Gasteiger partial charge in [0.05, 0.1) is 0 Å². The van der Waals surface area contributed by atoms with E-state index in [2.05, 4.69) is 0 Å². The lowest BCUT2D eigenvalue weighted by Crippen LogP contribution is -1.95. The molecule has 0 bridgehead atoms. The molecule has 0 unspecified atom stereocenters. The minimum absolute atomic E-state index is 0.336. The van der Waals surface area contributed by atoms with E-state index in [0.717, 1.165) is 24.4 Å². The zero-order valence-corrected chi connectivity index (χ0v) is 8.30. The summed E-state index contributed by atoms with van der Waals surface area (Å²) < 4.78 is 5.39. The molecule has 0 saturated heterocycles. The van der Waals surface area contributed by atoms with Gasteiger partial charge in [0.15, 0.2) is 0 Å². The first-order chi connectivity index (χ1) is 6.22. The van der Waals surface area contributed by atoms with Crippen LogP contribution in [0.15, 0.2) is 16.5 Å². The maximum absolute atomic E-state index is 11.0. The number of furan rings is 1. The van der Waals surface area contributed by atoms with Gasteiger partial charge in [0.2, 0.25) is 0 Å². The second kappa shape index (κ2) is 4.85. The third-order valence-corrected chi connectivity index (χ3v) is 2.07. The zero-order chi connectivity index (χ0) is 9.68. The van der Waals surface area contributed by atoms with Crippen molar-refractivity contribution < 1.29 is 9.21 Å². The Morgan fingerprint density at radius 1 is 1.46 bits per heavy atom. The molecule has 0 aliphatic carbocycles. The van der Waals surface area contributed by atoms with Crippen molar-refractivity contribution >= 4 is 5.78 Å². The molecule has 13 heavy (non-hydrogen) atoms. The van der Waals surface area contributed by atoms with E-state index in [1.807, 2.05) is 26.0 Å². The van der Waals surface area contributed by atoms with Crippen LogP contribution in [0.1, 0.15) is 37.7 Å². The highest BCUT2D eigenvalue weighted by molar-refractivity contribution is 5.77. The number of carbonyl (C=O) groups excluding carboxylic acids is 1. The molecule has 0 fully saturated rings. The first-order valence-electron chi connectivity index (χ1n) is 4.79. The van der Waals surface area contributed by atoms with Gasteiger partial charge in [0.25, 0.3) is 0 Å². The summed E-state index contributed by atoms with van der Waals surface area (Å²) in [6, 6.07) is 3.93. The second-order valence-corrected chi connectivity index (χ2v) is 3.26. The Hall–Kier alpha value is -1.05. The van der Waals surface area contributed by atoms with Crippen LogP contribution in [0.25, 0.3) is 0 Å². The molecule has 0 spiro atoms. The van der Waals surface area contributed by atoms with Crippen LogP contribution in [0.5, 0.6) is 0 Å². The van der Waals surface area contributed by atoms with Gasteiger partial charge in [-0.1, -0.05) is 6.92 Å². The molecule has 2 nitrogen and oxygen atoms in total. The maximum Gasteiger partial charge on any atom is 0.132 e. The summed E-state index contributed by atoms with van der Waals surface area (Å²) in [6.07, 6.45) is 3.10. The molecular weight excluding hydrogens is 164 g/mol. The van der Waals surface area contributed by atoms with Gasteiger partial charge < -0.3 is 4.42 Å². The number of ketones is 1. The Morgan fingerprint density at radius 3 is 2.77 bits per heavy atom. The summed E-state index contributed by atoms with van der Waals surface area (Å²) in [5, 5.41) is 0. The van der Waals surface area contributed by atoms with Gasteiger partial charge in [-0.15, -0.1) is 0 Å². The largest absolute Gasteiger partial charge is 0.466 e. The third-order valence-electron chi connectivity index (χ3n) is 2.07. The molecule has 0 radical (unpaired) electrons. The molecule has 2 heteroatoms. The van der Waals surface area contributed by atoms with Crippen molar-refractivity contribution in [1.82, 2.24) is 0 Å². The minimum Gasteiger partial charge on any atom is -0.466 e. The van der Waals surface area contributed by atoms with Crippen molar-refractivity contribution in [3.63, 3.8) is 0 Å². The summed E-state index contributed by atoms with van der Waals surface area (Å²) in [6.45, 7) is 3.83. The van der Waals surface area contributed by atoms with Crippen LogP contribution in [-0.4, -0.2) is 5.78 Å². The number of Topliss-reactive ketones (excluding diaryl/α,β-unsaturated/α-hetero) is 1. The standard InChI is InChI=1S/C11H16O2/c1-3-10(12)5-4-6-11-8-7-9(2)13-11/h7-8H,3-6H2,1-2H3.